The summed E-state index contributed by atoms with van der Waals surface area (Å²) in [5.74, 6) is 8.48. The first-order chi connectivity index (χ1) is 10.2. The Kier molecular flexibility index (Phi) is 5.02. The van der Waals surface area contributed by atoms with Gasteiger partial charge in [0.1, 0.15) is 0 Å². The zero-order valence-electron chi connectivity index (χ0n) is 12.9. The Morgan fingerprint density at radius 3 is 2.81 bits per heavy atom. The van der Waals surface area contributed by atoms with Gasteiger partial charge < -0.3 is 0 Å². The Balaban J connectivity index is 1.78. The minimum atomic E-state index is 0.213. The first-order valence-electron chi connectivity index (χ1n) is 8.41. The average molecular weight is 355 g/mol. The number of nitrogens with zero attached hydrogens (tertiary/aromatic N) is 2. The molecule has 2 fully saturated rings. The summed E-state index contributed by atoms with van der Waals surface area (Å²) in [4.78, 5) is 0. The fraction of sp³-hybridized carbons (Fsp3) is 0.812. The second kappa shape index (κ2) is 6.80. The van der Waals surface area contributed by atoms with E-state index in [9.17, 15) is 0 Å². The standard InChI is InChI=1S/C16H27BrN4/c1-2-21-16(14(17)10-19-21)15(20-18)13-8-7-11-5-3-4-6-12(11)9-13/h10-13,15,20H,2-9,18H2,1H3. The van der Waals surface area contributed by atoms with Gasteiger partial charge in [-0.25, -0.2) is 0 Å². The number of rotatable bonds is 4. The quantitative estimate of drug-likeness (QED) is 0.638. The summed E-state index contributed by atoms with van der Waals surface area (Å²) in [6, 6.07) is 0.213. The molecule has 1 heterocycles. The molecule has 0 bridgehead atoms. The lowest BCUT2D eigenvalue weighted by molar-refractivity contribution is 0.107. The van der Waals surface area contributed by atoms with Crippen LogP contribution < -0.4 is 11.3 Å². The lowest BCUT2D eigenvalue weighted by Crippen LogP contribution is -2.39. The van der Waals surface area contributed by atoms with Crippen LogP contribution in [0.1, 0.15) is 63.6 Å². The van der Waals surface area contributed by atoms with Gasteiger partial charge in [-0.05, 0) is 59.9 Å². The van der Waals surface area contributed by atoms with Crippen LogP contribution in [-0.4, -0.2) is 9.78 Å². The van der Waals surface area contributed by atoms with Crippen molar-refractivity contribution >= 4 is 15.9 Å². The number of hydrogen-bond acceptors (Lipinski definition) is 3. The molecule has 1 aromatic heterocycles. The first kappa shape index (κ1) is 15.5. The van der Waals surface area contributed by atoms with Crippen molar-refractivity contribution in [2.75, 3.05) is 0 Å². The van der Waals surface area contributed by atoms with E-state index in [1.165, 1.54) is 50.6 Å². The van der Waals surface area contributed by atoms with Gasteiger partial charge in [-0.15, -0.1) is 0 Å². The number of hydrazine groups is 1. The summed E-state index contributed by atoms with van der Waals surface area (Å²) in [6.07, 6.45) is 11.6. The highest BCUT2D eigenvalue weighted by atomic mass is 79.9. The molecule has 4 unspecified atom stereocenters. The van der Waals surface area contributed by atoms with Gasteiger partial charge in [-0.3, -0.25) is 16.0 Å². The third-order valence-corrected chi connectivity index (χ3v) is 6.27. The predicted octanol–water partition coefficient (Wildman–Crippen LogP) is 3.78. The molecule has 2 saturated carbocycles. The van der Waals surface area contributed by atoms with Crippen LogP contribution in [0.15, 0.2) is 10.7 Å². The molecule has 0 aliphatic heterocycles. The smallest absolute Gasteiger partial charge is 0.0711 e. The van der Waals surface area contributed by atoms with Crippen molar-refractivity contribution in [2.24, 2.45) is 23.6 Å². The van der Waals surface area contributed by atoms with Crippen molar-refractivity contribution in [2.45, 2.75) is 64.5 Å². The first-order valence-corrected chi connectivity index (χ1v) is 9.21. The molecule has 1 aromatic rings. The monoisotopic (exact) mass is 354 g/mol. The van der Waals surface area contributed by atoms with E-state index in [-0.39, 0.29) is 6.04 Å². The number of aryl methyl sites for hydroxylation is 1. The molecule has 0 spiro atoms. The highest BCUT2D eigenvalue weighted by molar-refractivity contribution is 9.10. The van der Waals surface area contributed by atoms with E-state index >= 15 is 0 Å². The van der Waals surface area contributed by atoms with Crippen LogP contribution in [0.4, 0.5) is 0 Å². The minimum absolute atomic E-state index is 0.213. The maximum Gasteiger partial charge on any atom is 0.0711 e. The summed E-state index contributed by atoms with van der Waals surface area (Å²) in [7, 11) is 0. The van der Waals surface area contributed by atoms with E-state index in [2.05, 4.69) is 38.1 Å². The number of hydrogen-bond donors (Lipinski definition) is 2. The van der Waals surface area contributed by atoms with E-state index < -0.39 is 0 Å². The average Bonchev–Trinajstić information content (AvgIpc) is 2.89. The topological polar surface area (TPSA) is 55.9 Å². The summed E-state index contributed by atoms with van der Waals surface area (Å²) in [5.41, 5.74) is 4.32. The largest absolute Gasteiger partial charge is 0.271 e. The number of aromatic nitrogens is 2. The maximum absolute atomic E-state index is 5.94. The van der Waals surface area contributed by atoms with Crippen molar-refractivity contribution in [3.05, 3.63) is 16.4 Å². The van der Waals surface area contributed by atoms with E-state index in [0.717, 1.165) is 22.9 Å². The molecular formula is C16H27BrN4. The van der Waals surface area contributed by atoms with Crippen LogP contribution in [0, 0.1) is 17.8 Å². The zero-order chi connectivity index (χ0) is 14.8. The number of fused-ring (bicyclic) bond motifs is 1. The molecule has 118 valence electrons. The molecule has 5 heteroatoms. The van der Waals surface area contributed by atoms with Crippen LogP contribution in [0.5, 0.6) is 0 Å². The fourth-order valence-corrected chi connectivity index (χ4v) is 5.13. The third-order valence-electron chi connectivity index (χ3n) is 5.66. The molecule has 0 saturated heterocycles. The summed E-state index contributed by atoms with van der Waals surface area (Å²) in [5, 5.41) is 4.45. The molecule has 0 radical (unpaired) electrons. The zero-order valence-corrected chi connectivity index (χ0v) is 14.5. The van der Waals surface area contributed by atoms with Crippen LogP contribution in [0.2, 0.25) is 0 Å². The molecule has 21 heavy (non-hydrogen) atoms. The van der Waals surface area contributed by atoms with Crippen LogP contribution >= 0.6 is 15.9 Å². The van der Waals surface area contributed by atoms with Crippen molar-refractivity contribution < 1.29 is 0 Å². The van der Waals surface area contributed by atoms with E-state index in [1.54, 1.807) is 0 Å². The van der Waals surface area contributed by atoms with Crippen LogP contribution in [0.25, 0.3) is 0 Å². The minimum Gasteiger partial charge on any atom is -0.271 e. The van der Waals surface area contributed by atoms with Gasteiger partial charge in [0.2, 0.25) is 0 Å². The second-order valence-corrected chi connectivity index (χ2v) is 7.57. The van der Waals surface area contributed by atoms with Crippen molar-refractivity contribution in [1.82, 2.24) is 15.2 Å². The summed E-state index contributed by atoms with van der Waals surface area (Å²) < 4.78 is 3.15. The van der Waals surface area contributed by atoms with Crippen LogP contribution in [-0.2, 0) is 6.54 Å². The number of nitrogens with one attached hydrogen (secondary N) is 1. The van der Waals surface area contributed by atoms with Gasteiger partial charge in [0.05, 0.1) is 22.4 Å². The summed E-state index contributed by atoms with van der Waals surface area (Å²) >= 11 is 3.66. The fourth-order valence-electron chi connectivity index (χ4n) is 4.58. The summed E-state index contributed by atoms with van der Waals surface area (Å²) in [6.45, 7) is 3.02. The van der Waals surface area contributed by atoms with E-state index in [4.69, 9.17) is 5.84 Å². The van der Waals surface area contributed by atoms with Gasteiger partial charge in [-0.2, -0.15) is 5.10 Å². The lowest BCUT2D eigenvalue weighted by atomic mass is 9.66. The number of nitrogens with two attached hydrogens (primary N) is 1. The van der Waals surface area contributed by atoms with Crippen molar-refractivity contribution in [3.8, 4) is 0 Å². The predicted molar refractivity (Wildman–Crippen MR) is 88.5 cm³/mol. The lowest BCUT2D eigenvalue weighted by Gasteiger charge is -2.42. The van der Waals surface area contributed by atoms with E-state index in [0.29, 0.717) is 5.92 Å². The normalized spacial score (nSPS) is 30.9. The SMILES string of the molecule is CCn1ncc(Br)c1C(NN)C1CCC2CCCCC2C1. The molecule has 0 amide bonds. The van der Waals surface area contributed by atoms with Gasteiger partial charge in [-0.1, -0.05) is 25.7 Å². The molecule has 2 aliphatic carbocycles. The molecule has 0 aromatic carbocycles. The third kappa shape index (κ3) is 3.06. The van der Waals surface area contributed by atoms with Crippen molar-refractivity contribution in [1.29, 1.82) is 0 Å². The Bertz CT molecular complexity index is 473. The molecule has 2 aliphatic rings. The van der Waals surface area contributed by atoms with Gasteiger partial charge in [0, 0.05) is 6.54 Å². The Labute approximate surface area is 135 Å². The molecular weight excluding hydrogens is 328 g/mol. The molecule has 3 N–H and O–H groups in total. The van der Waals surface area contributed by atoms with Crippen LogP contribution in [0.3, 0.4) is 0 Å². The highest BCUT2D eigenvalue weighted by Crippen LogP contribution is 2.46. The Morgan fingerprint density at radius 2 is 2.10 bits per heavy atom. The maximum atomic E-state index is 5.94. The second-order valence-electron chi connectivity index (χ2n) is 6.72. The Hall–Kier alpha value is -0.390. The van der Waals surface area contributed by atoms with Crippen molar-refractivity contribution in [3.63, 3.8) is 0 Å². The molecule has 4 nitrogen and oxygen atoms in total. The molecule has 3 rings (SSSR count). The Morgan fingerprint density at radius 1 is 1.33 bits per heavy atom. The van der Waals surface area contributed by atoms with Gasteiger partial charge in [0.25, 0.3) is 0 Å². The van der Waals surface area contributed by atoms with E-state index in [1.807, 2.05) is 6.20 Å². The highest BCUT2D eigenvalue weighted by Gasteiger charge is 2.37. The molecule has 4 atom stereocenters. The van der Waals surface area contributed by atoms with Gasteiger partial charge >= 0.3 is 0 Å². The van der Waals surface area contributed by atoms with Gasteiger partial charge in [0.15, 0.2) is 0 Å². The number of halogens is 1.